The van der Waals surface area contributed by atoms with E-state index in [2.05, 4.69) is 16.5 Å². The highest BCUT2D eigenvalue weighted by molar-refractivity contribution is 6.30. The monoisotopic (exact) mass is 233 g/mol. The number of aryl methyl sites for hydroxylation is 1. The highest BCUT2D eigenvalue weighted by Crippen LogP contribution is 2.25. The Kier molecular flexibility index (Phi) is 2.33. The van der Waals surface area contributed by atoms with Gasteiger partial charge >= 0.3 is 0 Å². The Balaban J connectivity index is 2.03. The predicted molar refractivity (Wildman–Crippen MR) is 65.8 cm³/mol. The maximum absolute atomic E-state index is 5.97. The van der Waals surface area contributed by atoms with E-state index in [9.17, 15) is 0 Å². The molecule has 2 aromatic rings. The summed E-state index contributed by atoms with van der Waals surface area (Å²) in [4.78, 5) is 0. The maximum atomic E-state index is 5.97. The molecule has 0 saturated heterocycles. The van der Waals surface area contributed by atoms with Crippen LogP contribution in [0, 0.1) is 0 Å². The van der Waals surface area contributed by atoms with Gasteiger partial charge in [0, 0.05) is 29.7 Å². The molecule has 0 unspecified atom stereocenters. The molecule has 0 radical (unpaired) electrons. The Bertz CT molecular complexity index is 495. The molecule has 0 atom stereocenters. The van der Waals surface area contributed by atoms with Gasteiger partial charge in [0.05, 0.1) is 5.69 Å². The molecule has 16 heavy (non-hydrogen) atoms. The summed E-state index contributed by atoms with van der Waals surface area (Å²) in [6.45, 7) is 2.02. The summed E-state index contributed by atoms with van der Waals surface area (Å²) in [6.07, 6.45) is 1.13. The lowest BCUT2D eigenvalue weighted by Crippen LogP contribution is -2.17. The van der Waals surface area contributed by atoms with Crippen molar-refractivity contribution in [2.45, 2.75) is 13.0 Å². The van der Waals surface area contributed by atoms with Crippen LogP contribution in [-0.4, -0.2) is 16.3 Å². The molecule has 1 aromatic carbocycles. The van der Waals surface area contributed by atoms with Crippen LogP contribution in [0.3, 0.4) is 0 Å². The molecule has 1 aliphatic heterocycles. The van der Waals surface area contributed by atoms with Crippen LogP contribution in [0.2, 0.25) is 5.02 Å². The molecule has 0 spiro atoms. The summed E-state index contributed by atoms with van der Waals surface area (Å²) in [5, 5.41) is 8.64. The van der Waals surface area contributed by atoms with E-state index in [1.165, 1.54) is 0 Å². The van der Waals surface area contributed by atoms with Crippen molar-refractivity contribution in [1.82, 2.24) is 9.78 Å². The van der Waals surface area contributed by atoms with Gasteiger partial charge in [-0.2, -0.15) is 5.10 Å². The van der Waals surface area contributed by atoms with Crippen LogP contribution in [0.1, 0.15) is 6.42 Å². The van der Waals surface area contributed by atoms with E-state index in [-0.39, 0.29) is 0 Å². The van der Waals surface area contributed by atoms with E-state index >= 15 is 0 Å². The molecule has 0 aliphatic carbocycles. The van der Waals surface area contributed by atoms with Crippen LogP contribution in [0.5, 0.6) is 0 Å². The molecule has 82 valence electrons. The first kappa shape index (κ1) is 9.73. The lowest BCUT2D eigenvalue weighted by atomic mass is 10.1. The molecule has 0 saturated carbocycles. The van der Waals surface area contributed by atoms with Crippen LogP contribution in [0.4, 0.5) is 5.82 Å². The zero-order chi connectivity index (χ0) is 11.0. The Morgan fingerprint density at radius 2 is 2.25 bits per heavy atom. The lowest BCUT2D eigenvalue weighted by Gasteiger charge is -2.14. The van der Waals surface area contributed by atoms with Gasteiger partial charge < -0.3 is 5.32 Å². The minimum Gasteiger partial charge on any atom is -0.370 e. The topological polar surface area (TPSA) is 29.9 Å². The minimum absolute atomic E-state index is 0.747. The van der Waals surface area contributed by atoms with Crippen molar-refractivity contribution >= 4 is 17.4 Å². The van der Waals surface area contributed by atoms with Gasteiger partial charge in [-0.1, -0.05) is 23.7 Å². The molecule has 0 bridgehead atoms. The Morgan fingerprint density at radius 3 is 3.06 bits per heavy atom. The third kappa shape index (κ3) is 1.67. The molecule has 2 heterocycles. The summed E-state index contributed by atoms with van der Waals surface area (Å²) in [5.74, 6) is 1.10. The average molecular weight is 234 g/mol. The van der Waals surface area contributed by atoms with E-state index < -0.39 is 0 Å². The van der Waals surface area contributed by atoms with E-state index in [1.54, 1.807) is 0 Å². The SMILES string of the molecule is Clc1cccc(-c2cc3n(n2)CCCN3)c1. The zero-order valence-corrected chi connectivity index (χ0v) is 9.54. The van der Waals surface area contributed by atoms with Gasteiger partial charge in [-0.15, -0.1) is 0 Å². The van der Waals surface area contributed by atoms with Crippen LogP contribution >= 0.6 is 11.6 Å². The van der Waals surface area contributed by atoms with Crippen molar-refractivity contribution < 1.29 is 0 Å². The van der Waals surface area contributed by atoms with Gasteiger partial charge in [0.25, 0.3) is 0 Å². The number of nitrogens with one attached hydrogen (secondary N) is 1. The predicted octanol–water partition coefficient (Wildman–Crippen LogP) is 3.02. The van der Waals surface area contributed by atoms with Gasteiger partial charge in [-0.25, -0.2) is 4.68 Å². The summed E-state index contributed by atoms with van der Waals surface area (Å²) >= 11 is 5.97. The van der Waals surface area contributed by atoms with Crippen molar-refractivity contribution in [3.8, 4) is 11.3 Å². The summed E-state index contributed by atoms with van der Waals surface area (Å²) in [6, 6.07) is 9.86. The van der Waals surface area contributed by atoms with Gasteiger partial charge in [0.1, 0.15) is 5.82 Å². The highest BCUT2D eigenvalue weighted by atomic mass is 35.5. The third-order valence-corrected chi connectivity index (χ3v) is 2.99. The first-order valence-electron chi connectivity index (χ1n) is 5.40. The van der Waals surface area contributed by atoms with Crippen LogP contribution in [-0.2, 0) is 6.54 Å². The van der Waals surface area contributed by atoms with Crippen molar-refractivity contribution in [3.63, 3.8) is 0 Å². The number of hydrogen-bond acceptors (Lipinski definition) is 2. The number of aromatic nitrogens is 2. The number of halogens is 1. The summed E-state index contributed by atoms with van der Waals surface area (Å²) < 4.78 is 2.01. The maximum Gasteiger partial charge on any atom is 0.124 e. The van der Waals surface area contributed by atoms with Crippen molar-refractivity contribution in [2.75, 3.05) is 11.9 Å². The summed E-state index contributed by atoms with van der Waals surface area (Å²) in [5.41, 5.74) is 2.04. The first-order valence-corrected chi connectivity index (χ1v) is 5.78. The molecule has 0 fully saturated rings. The molecular weight excluding hydrogens is 222 g/mol. The molecule has 1 aliphatic rings. The number of fused-ring (bicyclic) bond motifs is 1. The quantitative estimate of drug-likeness (QED) is 0.821. The van der Waals surface area contributed by atoms with Gasteiger partial charge in [0.15, 0.2) is 0 Å². The molecule has 1 N–H and O–H groups in total. The fourth-order valence-electron chi connectivity index (χ4n) is 1.96. The fourth-order valence-corrected chi connectivity index (χ4v) is 2.15. The molecule has 0 amide bonds. The molecule has 3 nitrogen and oxygen atoms in total. The van der Waals surface area contributed by atoms with Crippen LogP contribution < -0.4 is 5.32 Å². The number of rotatable bonds is 1. The van der Waals surface area contributed by atoms with Gasteiger partial charge in [0.2, 0.25) is 0 Å². The Hall–Kier alpha value is -1.48. The van der Waals surface area contributed by atoms with Gasteiger partial charge in [-0.3, -0.25) is 0 Å². The van der Waals surface area contributed by atoms with Crippen molar-refractivity contribution in [2.24, 2.45) is 0 Å². The van der Waals surface area contributed by atoms with Crippen LogP contribution in [0.15, 0.2) is 30.3 Å². The van der Waals surface area contributed by atoms with Crippen LogP contribution in [0.25, 0.3) is 11.3 Å². The van der Waals surface area contributed by atoms with Gasteiger partial charge in [-0.05, 0) is 18.6 Å². The Morgan fingerprint density at radius 1 is 1.31 bits per heavy atom. The number of benzene rings is 1. The third-order valence-electron chi connectivity index (χ3n) is 2.75. The minimum atomic E-state index is 0.747. The van der Waals surface area contributed by atoms with E-state index in [0.29, 0.717) is 0 Å². The van der Waals surface area contributed by atoms with Crippen molar-refractivity contribution in [3.05, 3.63) is 35.4 Å². The Labute approximate surface area is 99.0 Å². The fraction of sp³-hybridized carbons (Fsp3) is 0.250. The van der Waals surface area contributed by atoms with E-state index in [0.717, 1.165) is 41.6 Å². The van der Waals surface area contributed by atoms with Crippen molar-refractivity contribution in [1.29, 1.82) is 0 Å². The standard InChI is InChI=1S/C12H12ClN3/c13-10-4-1-3-9(7-10)11-8-12-14-5-2-6-16(12)15-11/h1,3-4,7-8,14H,2,5-6H2. The molecular formula is C12H12ClN3. The molecule has 3 rings (SSSR count). The van der Waals surface area contributed by atoms with E-state index in [4.69, 9.17) is 11.6 Å². The number of nitrogens with zero attached hydrogens (tertiary/aromatic N) is 2. The second-order valence-electron chi connectivity index (χ2n) is 3.93. The average Bonchev–Trinajstić information content (AvgIpc) is 2.72. The smallest absolute Gasteiger partial charge is 0.124 e. The second-order valence-corrected chi connectivity index (χ2v) is 4.37. The molecule has 4 heteroatoms. The normalized spacial score (nSPS) is 14.3. The number of anilines is 1. The largest absolute Gasteiger partial charge is 0.370 e. The highest BCUT2D eigenvalue weighted by Gasteiger charge is 2.12. The van der Waals surface area contributed by atoms with E-state index in [1.807, 2.05) is 28.9 Å². The number of hydrogen-bond donors (Lipinski definition) is 1. The first-order chi connectivity index (χ1) is 7.83. The molecule has 1 aromatic heterocycles. The summed E-state index contributed by atoms with van der Waals surface area (Å²) in [7, 11) is 0. The second kappa shape index (κ2) is 3.83. The lowest BCUT2D eigenvalue weighted by molar-refractivity contribution is 0.569. The zero-order valence-electron chi connectivity index (χ0n) is 8.78.